The van der Waals surface area contributed by atoms with Gasteiger partial charge in [0.15, 0.2) is 11.5 Å². The van der Waals surface area contributed by atoms with Crippen molar-refractivity contribution in [2.75, 3.05) is 14.2 Å². The SMILES string of the molecule is COc1ccc(S(=O)(=O)NC(C)c2ccc(Cl)cc2)cc1OC. The number of benzene rings is 2. The molecule has 0 aliphatic carbocycles. The van der Waals surface area contributed by atoms with Gasteiger partial charge in [0, 0.05) is 17.1 Å². The molecule has 0 amide bonds. The zero-order chi connectivity index (χ0) is 17.0. The third kappa shape index (κ3) is 4.16. The van der Waals surface area contributed by atoms with Crippen LogP contribution in [0.4, 0.5) is 0 Å². The molecule has 23 heavy (non-hydrogen) atoms. The fraction of sp³-hybridized carbons (Fsp3) is 0.250. The van der Waals surface area contributed by atoms with Crippen LogP contribution in [0, 0.1) is 0 Å². The van der Waals surface area contributed by atoms with Gasteiger partial charge in [-0.25, -0.2) is 13.1 Å². The summed E-state index contributed by atoms with van der Waals surface area (Å²) < 4.78 is 37.9. The second kappa shape index (κ2) is 7.21. The van der Waals surface area contributed by atoms with E-state index in [4.69, 9.17) is 21.1 Å². The van der Waals surface area contributed by atoms with E-state index < -0.39 is 16.1 Å². The lowest BCUT2D eigenvalue weighted by Gasteiger charge is -2.16. The van der Waals surface area contributed by atoms with Crippen LogP contribution in [0.15, 0.2) is 47.4 Å². The van der Waals surface area contributed by atoms with Gasteiger partial charge >= 0.3 is 0 Å². The molecule has 1 N–H and O–H groups in total. The Morgan fingerprint density at radius 1 is 1.00 bits per heavy atom. The highest BCUT2D eigenvalue weighted by Gasteiger charge is 2.20. The topological polar surface area (TPSA) is 64.6 Å². The number of sulfonamides is 1. The van der Waals surface area contributed by atoms with Crippen LogP contribution in [0.2, 0.25) is 5.02 Å². The van der Waals surface area contributed by atoms with Crippen LogP contribution in [-0.2, 0) is 10.0 Å². The Morgan fingerprint density at radius 3 is 2.17 bits per heavy atom. The summed E-state index contributed by atoms with van der Waals surface area (Å²) in [4.78, 5) is 0.107. The monoisotopic (exact) mass is 355 g/mol. The third-order valence-corrected chi connectivity index (χ3v) is 5.16. The van der Waals surface area contributed by atoms with Gasteiger partial charge in [0.25, 0.3) is 0 Å². The lowest BCUT2D eigenvalue weighted by molar-refractivity contribution is 0.354. The molecule has 0 radical (unpaired) electrons. The lowest BCUT2D eigenvalue weighted by Crippen LogP contribution is -2.26. The van der Waals surface area contributed by atoms with Crippen molar-refractivity contribution in [3.05, 3.63) is 53.1 Å². The molecule has 5 nitrogen and oxygen atoms in total. The van der Waals surface area contributed by atoms with Crippen molar-refractivity contribution >= 4 is 21.6 Å². The Morgan fingerprint density at radius 2 is 1.61 bits per heavy atom. The zero-order valence-corrected chi connectivity index (χ0v) is 14.6. The van der Waals surface area contributed by atoms with E-state index in [1.54, 1.807) is 37.3 Å². The summed E-state index contributed by atoms with van der Waals surface area (Å²) in [5, 5.41) is 0.601. The predicted octanol–water partition coefficient (Wildman–Crippen LogP) is 3.40. The summed E-state index contributed by atoms with van der Waals surface area (Å²) in [5.41, 5.74) is 0.818. The number of hydrogen-bond donors (Lipinski definition) is 1. The number of nitrogens with one attached hydrogen (secondary N) is 1. The Kier molecular flexibility index (Phi) is 5.51. The summed E-state index contributed by atoms with van der Waals surface area (Å²) in [6, 6.07) is 11.1. The lowest BCUT2D eigenvalue weighted by atomic mass is 10.1. The molecule has 2 aromatic carbocycles. The van der Waals surface area contributed by atoms with Crippen molar-refractivity contribution in [2.45, 2.75) is 17.9 Å². The summed E-state index contributed by atoms with van der Waals surface area (Å²) in [6.45, 7) is 1.77. The van der Waals surface area contributed by atoms with Crippen molar-refractivity contribution < 1.29 is 17.9 Å². The maximum Gasteiger partial charge on any atom is 0.241 e. The van der Waals surface area contributed by atoms with Crippen molar-refractivity contribution in [1.29, 1.82) is 0 Å². The summed E-state index contributed by atoms with van der Waals surface area (Å²) in [5.74, 6) is 0.826. The number of rotatable bonds is 6. The van der Waals surface area contributed by atoms with E-state index in [9.17, 15) is 8.42 Å². The molecule has 0 aliphatic heterocycles. The van der Waals surface area contributed by atoms with Gasteiger partial charge in [-0.1, -0.05) is 23.7 Å². The molecule has 0 aliphatic rings. The van der Waals surface area contributed by atoms with E-state index in [1.807, 2.05) is 0 Å². The Hall–Kier alpha value is -1.76. The van der Waals surface area contributed by atoms with Gasteiger partial charge in [-0.3, -0.25) is 0 Å². The minimum atomic E-state index is -3.69. The minimum absolute atomic E-state index is 0.107. The molecule has 2 rings (SSSR count). The maximum absolute atomic E-state index is 12.5. The quantitative estimate of drug-likeness (QED) is 0.862. The second-order valence-corrected chi connectivity index (χ2v) is 7.06. The van der Waals surface area contributed by atoms with Crippen LogP contribution < -0.4 is 14.2 Å². The fourth-order valence-electron chi connectivity index (χ4n) is 2.10. The van der Waals surface area contributed by atoms with Gasteiger partial charge in [-0.2, -0.15) is 0 Å². The second-order valence-electron chi connectivity index (χ2n) is 4.91. The van der Waals surface area contributed by atoms with Gasteiger partial charge in [-0.05, 0) is 36.8 Å². The van der Waals surface area contributed by atoms with E-state index in [0.29, 0.717) is 16.5 Å². The average Bonchev–Trinajstić information content (AvgIpc) is 2.54. The molecule has 7 heteroatoms. The van der Waals surface area contributed by atoms with E-state index in [1.165, 1.54) is 26.4 Å². The van der Waals surface area contributed by atoms with Crippen LogP contribution >= 0.6 is 11.6 Å². The average molecular weight is 356 g/mol. The molecule has 0 fully saturated rings. The Labute approximate surface area is 141 Å². The first-order valence-electron chi connectivity index (χ1n) is 6.87. The molecule has 0 heterocycles. The molecule has 124 valence electrons. The molecule has 1 atom stereocenters. The summed E-state index contributed by atoms with van der Waals surface area (Å²) >= 11 is 5.84. The van der Waals surface area contributed by atoms with Crippen molar-refractivity contribution in [2.24, 2.45) is 0 Å². The fourth-order valence-corrected chi connectivity index (χ4v) is 3.48. The third-order valence-electron chi connectivity index (χ3n) is 3.37. The van der Waals surface area contributed by atoms with Crippen molar-refractivity contribution in [3.8, 4) is 11.5 Å². The standard InChI is InChI=1S/C16H18ClNO4S/c1-11(12-4-6-13(17)7-5-12)18-23(19,20)14-8-9-15(21-2)16(10-14)22-3/h4-11,18H,1-3H3. The van der Waals surface area contributed by atoms with Gasteiger partial charge in [0.1, 0.15) is 0 Å². The van der Waals surface area contributed by atoms with Crippen LogP contribution in [0.1, 0.15) is 18.5 Å². The molecular formula is C16H18ClNO4S. The minimum Gasteiger partial charge on any atom is -0.493 e. The highest BCUT2D eigenvalue weighted by Crippen LogP contribution is 2.30. The Bertz CT molecular complexity index is 775. The molecule has 0 saturated heterocycles. The van der Waals surface area contributed by atoms with Crippen molar-refractivity contribution in [3.63, 3.8) is 0 Å². The van der Waals surface area contributed by atoms with Crippen LogP contribution in [0.5, 0.6) is 11.5 Å². The summed E-state index contributed by atoms with van der Waals surface area (Å²) in [6.07, 6.45) is 0. The Balaban J connectivity index is 2.26. The van der Waals surface area contributed by atoms with E-state index in [2.05, 4.69) is 4.72 Å². The summed E-state index contributed by atoms with van der Waals surface area (Å²) in [7, 11) is -0.745. The van der Waals surface area contributed by atoms with Crippen molar-refractivity contribution in [1.82, 2.24) is 4.72 Å². The van der Waals surface area contributed by atoms with Crippen LogP contribution in [0.3, 0.4) is 0 Å². The number of halogens is 1. The van der Waals surface area contributed by atoms with E-state index in [-0.39, 0.29) is 4.90 Å². The highest BCUT2D eigenvalue weighted by atomic mass is 35.5. The van der Waals surface area contributed by atoms with Gasteiger partial charge in [-0.15, -0.1) is 0 Å². The van der Waals surface area contributed by atoms with Gasteiger partial charge in [0.05, 0.1) is 19.1 Å². The largest absolute Gasteiger partial charge is 0.493 e. The molecule has 0 bridgehead atoms. The van der Waals surface area contributed by atoms with Gasteiger partial charge < -0.3 is 9.47 Å². The number of ether oxygens (including phenoxy) is 2. The normalized spacial score (nSPS) is 12.7. The highest BCUT2D eigenvalue weighted by molar-refractivity contribution is 7.89. The zero-order valence-electron chi connectivity index (χ0n) is 13.0. The number of methoxy groups -OCH3 is 2. The molecule has 0 spiro atoms. The predicted molar refractivity (Wildman–Crippen MR) is 89.7 cm³/mol. The van der Waals surface area contributed by atoms with E-state index >= 15 is 0 Å². The first-order chi connectivity index (χ1) is 10.9. The number of hydrogen-bond acceptors (Lipinski definition) is 4. The maximum atomic E-state index is 12.5. The molecule has 1 unspecified atom stereocenters. The molecule has 2 aromatic rings. The first-order valence-corrected chi connectivity index (χ1v) is 8.73. The molecular weight excluding hydrogens is 338 g/mol. The molecule has 0 aromatic heterocycles. The van der Waals surface area contributed by atoms with E-state index in [0.717, 1.165) is 5.56 Å². The van der Waals surface area contributed by atoms with Crippen LogP contribution in [-0.4, -0.2) is 22.6 Å². The van der Waals surface area contributed by atoms with Gasteiger partial charge in [0.2, 0.25) is 10.0 Å². The van der Waals surface area contributed by atoms with Crippen LogP contribution in [0.25, 0.3) is 0 Å². The smallest absolute Gasteiger partial charge is 0.241 e. The molecule has 0 saturated carbocycles. The first kappa shape index (κ1) is 17.6.